The fourth-order valence-corrected chi connectivity index (χ4v) is 2.84. The Kier molecular flexibility index (Phi) is 5.51. The molecule has 1 N–H and O–H groups in total. The lowest BCUT2D eigenvalue weighted by Crippen LogP contribution is -2.14. The van der Waals surface area contributed by atoms with Crippen LogP contribution < -0.4 is 5.32 Å². The van der Waals surface area contributed by atoms with Gasteiger partial charge < -0.3 is 10.2 Å². The topological polar surface area (TPSA) is 63.6 Å². The minimum atomic E-state index is -0.135. The molecule has 1 aromatic carbocycles. The number of hydrogen-bond donors (Lipinski definition) is 1. The third-order valence-corrected chi connectivity index (χ3v) is 4.41. The van der Waals surface area contributed by atoms with Crippen LogP contribution in [-0.4, -0.2) is 23.1 Å². The summed E-state index contributed by atoms with van der Waals surface area (Å²) in [6, 6.07) is 7.61. The van der Waals surface area contributed by atoms with Crippen LogP contribution in [0.2, 0.25) is 5.02 Å². The van der Waals surface area contributed by atoms with Crippen molar-refractivity contribution in [3.63, 3.8) is 0 Å². The number of halogens is 1. The zero-order valence-corrected chi connectivity index (χ0v) is 14.1. The number of amides is 1. The molecule has 0 saturated heterocycles. The molecule has 1 heterocycles. The Morgan fingerprint density at radius 3 is 2.91 bits per heavy atom. The maximum atomic E-state index is 12.1. The molecule has 22 heavy (non-hydrogen) atoms. The van der Waals surface area contributed by atoms with E-state index in [0.717, 1.165) is 22.5 Å². The van der Waals surface area contributed by atoms with E-state index in [-0.39, 0.29) is 12.3 Å². The number of carbonyl (C=O) groups is 1. The number of oxime groups is 1. The summed E-state index contributed by atoms with van der Waals surface area (Å²) in [6.45, 7) is 3.65. The average molecular weight is 338 g/mol. The second-order valence-electron chi connectivity index (χ2n) is 4.70. The standard InChI is InChI=1S/C15H16ClN3O2S/c1-9(18-21-3)12-6-4-5-11(7-12)8-13(20)17-15-14(16)10(2)19-22-15/h4-7H,8H2,1-3H3,(H,17,20)/b18-9+. The van der Waals surface area contributed by atoms with Gasteiger partial charge in [0.1, 0.15) is 12.1 Å². The highest BCUT2D eigenvalue weighted by atomic mass is 35.5. The number of aromatic nitrogens is 1. The Hall–Kier alpha value is -1.92. The highest BCUT2D eigenvalue weighted by molar-refractivity contribution is 7.11. The van der Waals surface area contributed by atoms with Gasteiger partial charge >= 0.3 is 0 Å². The number of anilines is 1. The van der Waals surface area contributed by atoms with E-state index in [9.17, 15) is 4.79 Å². The molecule has 1 amide bonds. The first-order chi connectivity index (χ1) is 10.5. The summed E-state index contributed by atoms with van der Waals surface area (Å²) in [6.07, 6.45) is 0.251. The minimum Gasteiger partial charge on any atom is -0.399 e. The molecule has 1 aromatic heterocycles. The highest BCUT2D eigenvalue weighted by Gasteiger charge is 2.12. The molecule has 2 rings (SSSR count). The summed E-state index contributed by atoms with van der Waals surface area (Å²) in [5.41, 5.74) is 3.28. The third-order valence-electron chi connectivity index (χ3n) is 2.98. The molecule has 0 spiro atoms. The Morgan fingerprint density at radius 1 is 1.50 bits per heavy atom. The second kappa shape index (κ2) is 7.38. The summed E-state index contributed by atoms with van der Waals surface area (Å²) in [4.78, 5) is 16.9. The Morgan fingerprint density at radius 2 is 2.27 bits per heavy atom. The second-order valence-corrected chi connectivity index (χ2v) is 5.85. The van der Waals surface area contributed by atoms with Crippen LogP contribution >= 0.6 is 23.1 Å². The van der Waals surface area contributed by atoms with Gasteiger partial charge in [0, 0.05) is 0 Å². The molecule has 0 aliphatic heterocycles. The van der Waals surface area contributed by atoms with E-state index in [4.69, 9.17) is 16.4 Å². The lowest BCUT2D eigenvalue weighted by atomic mass is 10.1. The summed E-state index contributed by atoms with van der Waals surface area (Å²) in [5.74, 6) is -0.135. The molecular formula is C15H16ClN3O2S. The van der Waals surface area contributed by atoms with Crippen molar-refractivity contribution in [1.82, 2.24) is 4.37 Å². The number of nitrogens with one attached hydrogen (secondary N) is 1. The first kappa shape index (κ1) is 16.5. The van der Waals surface area contributed by atoms with Crippen molar-refractivity contribution in [2.45, 2.75) is 20.3 Å². The van der Waals surface area contributed by atoms with Crippen molar-refractivity contribution in [3.8, 4) is 0 Å². The number of aryl methyl sites for hydroxylation is 1. The molecule has 7 heteroatoms. The van der Waals surface area contributed by atoms with Crippen LogP contribution in [0.3, 0.4) is 0 Å². The average Bonchev–Trinajstić information content (AvgIpc) is 2.80. The zero-order valence-electron chi connectivity index (χ0n) is 12.5. The molecule has 0 fully saturated rings. The van der Waals surface area contributed by atoms with Crippen molar-refractivity contribution < 1.29 is 9.63 Å². The molecule has 0 atom stereocenters. The Balaban J connectivity index is 2.07. The quantitative estimate of drug-likeness (QED) is 0.669. The van der Waals surface area contributed by atoms with Gasteiger partial charge in [-0.15, -0.1) is 0 Å². The number of benzene rings is 1. The van der Waals surface area contributed by atoms with Gasteiger partial charge in [-0.05, 0) is 42.6 Å². The van der Waals surface area contributed by atoms with Gasteiger partial charge in [-0.2, -0.15) is 4.37 Å². The van der Waals surface area contributed by atoms with Crippen molar-refractivity contribution >= 4 is 39.8 Å². The molecule has 116 valence electrons. The van der Waals surface area contributed by atoms with E-state index in [1.807, 2.05) is 31.2 Å². The van der Waals surface area contributed by atoms with Crippen LogP contribution in [0.15, 0.2) is 29.4 Å². The third kappa shape index (κ3) is 4.05. The number of carbonyl (C=O) groups excluding carboxylic acids is 1. The van der Waals surface area contributed by atoms with Crippen LogP contribution in [0.5, 0.6) is 0 Å². The van der Waals surface area contributed by atoms with Crippen molar-refractivity contribution in [3.05, 3.63) is 46.1 Å². The van der Waals surface area contributed by atoms with Crippen molar-refractivity contribution in [2.75, 3.05) is 12.4 Å². The largest absolute Gasteiger partial charge is 0.399 e. The SMILES string of the molecule is CO/N=C(\C)c1cccc(CC(=O)Nc2snc(C)c2Cl)c1. The predicted molar refractivity (Wildman–Crippen MR) is 89.9 cm³/mol. The molecule has 2 aromatic rings. The summed E-state index contributed by atoms with van der Waals surface area (Å²) in [7, 11) is 1.50. The molecular weight excluding hydrogens is 322 g/mol. The van der Waals surface area contributed by atoms with Gasteiger partial charge in [0.2, 0.25) is 5.91 Å². The van der Waals surface area contributed by atoms with Crippen LogP contribution in [0.4, 0.5) is 5.00 Å². The van der Waals surface area contributed by atoms with E-state index < -0.39 is 0 Å². The smallest absolute Gasteiger partial charge is 0.229 e. The maximum absolute atomic E-state index is 12.1. The predicted octanol–water partition coefficient (Wildman–Crippen LogP) is 3.66. The van der Waals surface area contributed by atoms with Crippen molar-refractivity contribution in [2.24, 2.45) is 5.16 Å². The van der Waals surface area contributed by atoms with E-state index in [0.29, 0.717) is 10.0 Å². The summed E-state index contributed by atoms with van der Waals surface area (Å²) in [5, 5.41) is 7.75. The number of nitrogens with zero attached hydrogens (tertiary/aromatic N) is 2. The van der Waals surface area contributed by atoms with Gasteiger partial charge in [0.25, 0.3) is 0 Å². The normalized spacial score (nSPS) is 11.4. The molecule has 0 aliphatic carbocycles. The number of rotatable bonds is 5. The van der Waals surface area contributed by atoms with Gasteiger partial charge in [-0.3, -0.25) is 4.79 Å². The van der Waals surface area contributed by atoms with Gasteiger partial charge in [-0.1, -0.05) is 35.0 Å². The first-order valence-corrected chi connectivity index (χ1v) is 7.75. The van der Waals surface area contributed by atoms with Gasteiger partial charge in [0.05, 0.1) is 22.8 Å². The molecule has 5 nitrogen and oxygen atoms in total. The van der Waals surface area contributed by atoms with Crippen molar-refractivity contribution in [1.29, 1.82) is 0 Å². The molecule has 0 radical (unpaired) electrons. The first-order valence-electron chi connectivity index (χ1n) is 6.60. The molecule has 0 bridgehead atoms. The van der Waals surface area contributed by atoms with Gasteiger partial charge in [0.15, 0.2) is 0 Å². The Bertz CT molecular complexity index is 713. The van der Waals surface area contributed by atoms with E-state index in [1.165, 1.54) is 18.6 Å². The van der Waals surface area contributed by atoms with E-state index in [2.05, 4.69) is 14.8 Å². The van der Waals surface area contributed by atoms with Crippen LogP contribution in [-0.2, 0) is 16.1 Å². The van der Waals surface area contributed by atoms with Crippen LogP contribution in [0.1, 0.15) is 23.7 Å². The maximum Gasteiger partial charge on any atom is 0.229 e. The monoisotopic (exact) mass is 337 g/mol. The number of hydrogen-bond acceptors (Lipinski definition) is 5. The lowest BCUT2D eigenvalue weighted by Gasteiger charge is -2.06. The van der Waals surface area contributed by atoms with E-state index in [1.54, 1.807) is 6.92 Å². The summed E-state index contributed by atoms with van der Waals surface area (Å²) >= 11 is 7.24. The van der Waals surface area contributed by atoms with Crippen LogP contribution in [0.25, 0.3) is 0 Å². The Labute approximate surface area is 138 Å². The molecule has 0 saturated carbocycles. The molecule has 0 unspecified atom stereocenters. The fraction of sp³-hybridized carbons (Fsp3) is 0.267. The van der Waals surface area contributed by atoms with E-state index >= 15 is 0 Å². The van der Waals surface area contributed by atoms with Crippen LogP contribution in [0, 0.1) is 6.92 Å². The summed E-state index contributed by atoms with van der Waals surface area (Å²) < 4.78 is 4.10. The lowest BCUT2D eigenvalue weighted by molar-refractivity contribution is -0.115. The van der Waals surface area contributed by atoms with Gasteiger partial charge in [-0.25, -0.2) is 0 Å². The highest BCUT2D eigenvalue weighted by Crippen LogP contribution is 2.29. The minimum absolute atomic E-state index is 0.135. The fourth-order valence-electron chi connectivity index (χ4n) is 1.89. The molecule has 0 aliphatic rings. The zero-order chi connectivity index (χ0) is 16.1.